The Hall–Kier alpha value is -2.58. The summed E-state index contributed by atoms with van der Waals surface area (Å²) >= 11 is 6.14. The number of unbranched alkanes of at least 4 members (excludes halogenated alkanes) is 1. The summed E-state index contributed by atoms with van der Waals surface area (Å²) < 4.78 is 26.7. The van der Waals surface area contributed by atoms with Crippen LogP contribution in [0.3, 0.4) is 0 Å². The number of nitrogens with zero attached hydrogens (tertiary/aromatic N) is 2. The van der Waals surface area contributed by atoms with Crippen molar-refractivity contribution in [2.75, 3.05) is 23.7 Å². The number of anilines is 1. The van der Waals surface area contributed by atoms with Gasteiger partial charge < -0.3 is 10.2 Å². The van der Waals surface area contributed by atoms with Crippen LogP contribution in [0.1, 0.15) is 57.6 Å². The molecule has 2 amide bonds. The van der Waals surface area contributed by atoms with Gasteiger partial charge in [0, 0.05) is 18.1 Å². The molecule has 0 aliphatic heterocycles. The van der Waals surface area contributed by atoms with Crippen molar-refractivity contribution in [1.82, 2.24) is 10.2 Å². The Kier molecular flexibility index (Phi) is 10.6. The van der Waals surface area contributed by atoms with Crippen LogP contribution >= 0.6 is 11.6 Å². The molecule has 2 rings (SSSR count). The number of halogens is 1. The first-order valence-corrected chi connectivity index (χ1v) is 14.1. The van der Waals surface area contributed by atoms with E-state index in [2.05, 4.69) is 5.32 Å². The minimum Gasteiger partial charge on any atom is -0.354 e. The van der Waals surface area contributed by atoms with Gasteiger partial charge >= 0.3 is 0 Å². The number of carbonyl (C=O) groups is 2. The number of sulfonamides is 1. The van der Waals surface area contributed by atoms with Crippen LogP contribution in [0.15, 0.2) is 48.5 Å². The lowest BCUT2D eigenvalue weighted by atomic mass is 10.0. The normalized spacial score (nSPS) is 12.3. The maximum absolute atomic E-state index is 13.6. The highest BCUT2D eigenvalue weighted by atomic mass is 35.5. The summed E-state index contributed by atoms with van der Waals surface area (Å²) in [6.07, 6.45) is 2.84. The van der Waals surface area contributed by atoms with E-state index in [1.807, 2.05) is 39.0 Å². The molecule has 1 atom stereocenters. The van der Waals surface area contributed by atoms with Gasteiger partial charge in [-0.25, -0.2) is 8.42 Å². The number of benzene rings is 2. The minimum atomic E-state index is -3.78. The Labute approximate surface area is 214 Å². The van der Waals surface area contributed by atoms with Crippen LogP contribution in [0.2, 0.25) is 5.02 Å². The van der Waals surface area contributed by atoms with E-state index in [4.69, 9.17) is 11.6 Å². The van der Waals surface area contributed by atoms with Crippen molar-refractivity contribution < 1.29 is 18.0 Å². The van der Waals surface area contributed by atoms with Gasteiger partial charge in [0.1, 0.15) is 12.6 Å². The zero-order valence-corrected chi connectivity index (χ0v) is 22.7. The summed E-state index contributed by atoms with van der Waals surface area (Å²) in [5.74, 6) is -0.717. The maximum Gasteiger partial charge on any atom is 0.244 e. The fraction of sp³-hybridized carbons (Fsp3) is 0.462. The lowest BCUT2D eigenvalue weighted by Crippen LogP contribution is -2.51. The summed E-state index contributed by atoms with van der Waals surface area (Å²) in [5, 5.41) is 3.38. The molecule has 0 bridgehead atoms. The van der Waals surface area contributed by atoms with Gasteiger partial charge in [0.2, 0.25) is 21.8 Å². The third-order valence-electron chi connectivity index (χ3n) is 5.75. The highest BCUT2D eigenvalue weighted by Gasteiger charge is 2.31. The molecule has 0 saturated carbocycles. The number of carbonyl (C=O) groups excluding carboxylic acids is 2. The van der Waals surface area contributed by atoms with Gasteiger partial charge in [-0.2, -0.15) is 0 Å². The van der Waals surface area contributed by atoms with E-state index in [1.165, 1.54) is 4.90 Å². The first-order valence-electron chi connectivity index (χ1n) is 11.8. The summed E-state index contributed by atoms with van der Waals surface area (Å²) in [6.45, 7) is 7.82. The Bertz CT molecular complexity index is 1120. The lowest BCUT2D eigenvalue weighted by Gasteiger charge is -2.32. The van der Waals surface area contributed by atoms with Crippen molar-refractivity contribution in [3.05, 3.63) is 64.7 Å². The van der Waals surface area contributed by atoms with E-state index >= 15 is 0 Å². The fourth-order valence-corrected chi connectivity index (χ4v) is 4.83. The van der Waals surface area contributed by atoms with E-state index in [-0.39, 0.29) is 18.4 Å². The molecule has 2 aromatic rings. The summed E-state index contributed by atoms with van der Waals surface area (Å²) in [7, 11) is -3.78. The van der Waals surface area contributed by atoms with Crippen molar-refractivity contribution in [3.63, 3.8) is 0 Å². The molecule has 0 radical (unpaired) electrons. The van der Waals surface area contributed by atoms with Gasteiger partial charge in [-0.15, -0.1) is 0 Å². The first-order chi connectivity index (χ1) is 16.5. The average Bonchev–Trinajstić information content (AvgIpc) is 2.79. The fourth-order valence-electron chi connectivity index (χ4n) is 3.75. The van der Waals surface area contributed by atoms with Gasteiger partial charge in [0.25, 0.3) is 0 Å². The SMILES string of the molecule is CCCCNC(=O)[C@@H](C)N(Cc1cccc(Cl)c1)C(=O)CN(c1ccccc1C(C)C)S(C)(=O)=O. The molecule has 0 aliphatic carbocycles. The van der Waals surface area contributed by atoms with E-state index < -0.39 is 28.5 Å². The maximum atomic E-state index is 13.6. The predicted octanol–water partition coefficient (Wildman–Crippen LogP) is 4.56. The molecular formula is C26H36ClN3O4S. The average molecular weight is 522 g/mol. The molecule has 0 fully saturated rings. The van der Waals surface area contributed by atoms with E-state index in [0.717, 1.165) is 34.5 Å². The monoisotopic (exact) mass is 521 g/mol. The molecule has 0 aromatic heterocycles. The highest BCUT2D eigenvalue weighted by molar-refractivity contribution is 7.92. The second kappa shape index (κ2) is 12.9. The third-order valence-corrected chi connectivity index (χ3v) is 7.11. The van der Waals surface area contributed by atoms with Crippen molar-refractivity contribution in [1.29, 1.82) is 0 Å². The molecule has 0 unspecified atom stereocenters. The van der Waals surface area contributed by atoms with Crippen molar-refractivity contribution in [3.8, 4) is 0 Å². The molecule has 0 saturated heterocycles. The van der Waals surface area contributed by atoms with Crippen LogP contribution < -0.4 is 9.62 Å². The van der Waals surface area contributed by atoms with Gasteiger partial charge in [0.15, 0.2) is 0 Å². The van der Waals surface area contributed by atoms with Crippen LogP contribution in [0, 0.1) is 0 Å². The largest absolute Gasteiger partial charge is 0.354 e. The predicted molar refractivity (Wildman–Crippen MR) is 142 cm³/mol. The molecule has 9 heteroatoms. The second-order valence-corrected chi connectivity index (χ2v) is 11.3. The quantitative estimate of drug-likeness (QED) is 0.415. The number of para-hydroxylation sites is 1. The number of nitrogens with one attached hydrogen (secondary N) is 1. The summed E-state index contributed by atoms with van der Waals surface area (Å²) in [5.41, 5.74) is 2.02. The Morgan fingerprint density at radius 1 is 1.06 bits per heavy atom. The van der Waals surface area contributed by atoms with Gasteiger partial charge in [-0.05, 0) is 48.6 Å². The number of rotatable bonds is 12. The zero-order valence-electron chi connectivity index (χ0n) is 21.1. The second-order valence-electron chi connectivity index (χ2n) is 8.96. The Balaban J connectivity index is 2.42. The van der Waals surface area contributed by atoms with Crippen LogP contribution in [0.5, 0.6) is 0 Å². The first kappa shape index (κ1) is 28.7. The number of amides is 2. The molecule has 1 N–H and O–H groups in total. The lowest BCUT2D eigenvalue weighted by molar-refractivity contribution is -0.139. The van der Waals surface area contributed by atoms with Crippen LogP contribution in [0.25, 0.3) is 0 Å². The van der Waals surface area contributed by atoms with Crippen molar-refractivity contribution >= 4 is 39.1 Å². The topological polar surface area (TPSA) is 86.8 Å². The summed E-state index contributed by atoms with van der Waals surface area (Å²) in [4.78, 5) is 27.9. The molecule has 7 nitrogen and oxygen atoms in total. The molecule has 0 aliphatic rings. The van der Waals surface area contributed by atoms with Crippen LogP contribution in [-0.4, -0.2) is 50.5 Å². The van der Waals surface area contributed by atoms with Crippen molar-refractivity contribution in [2.45, 2.75) is 59.0 Å². The van der Waals surface area contributed by atoms with Gasteiger partial charge in [-0.3, -0.25) is 13.9 Å². The molecule has 35 heavy (non-hydrogen) atoms. The zero-order chi connectivity index (χ0) is 26.2. The van der Waals surface area contributed by atoms with E-state index in [9.17, 15) is 18.0 Å². The van der Waals surface area contributed by atoms with Gasteiger partial charge in [-0.1, -0.05) is 69.1 Å². The van der Waals surface area contributed by atoms with E-state index in [1.54, 1.807) is 37.3 Å². The molecule has 0 heterocycles. The molecule has 192 valence electrons. The molecular weight excluding hydrogens is 486 g/mol. The third kappa shape index (κ3) is 8.25. The van der Waals surface area contributed by atoms with Crippen LogP contribution in [0.4, 0.5) is 5.69 Å². The summed E-state index contributed by atoms with van der Waals surface area (Å²) in [6, 6.07) is 13.4. The molecule has 2 aromatic carbocycles. The van der Waals surface area contributed by atoms with E-state index in [0.29, 0.717) is 17.3 Å². The molecule has 0 spiro atoms. The van der Waals surface area contributed by atoms with Gasteiger partial charge in [0.05, 0.1) is 11.9 Å². The smallest absolute Gasteiger partial charge is 0.244 e. The number of hydrogen-bond donors (Lipinski definition) is 1. The standard InChI is InChI=1S/C26H36ClN3O4S/c1-6-7-15-28-26(32)20(4)29(17-21-11-10-12-22(27)16-21)25(31)18-30(35(5,33)34)24-14-9-8-13-23(24)19(2)3/h8-14,16,19-20H,6-7,15,17-18H2,1-5H3,(H,28,32)/t20-/m1/s1. The number of hydrogen-bond acceptors (Lipinski definition) is 4. The highest BCUT2D eigenvalue weighted by Crippen LogP contribution is 2.29. The van der Waals surface area contributed by atoms with Crippen molar-refractivity contribution in [2.24, 2.45) is 0 Å². The van der Waals surface area contributed by atoms with Crippen LogP contribution in [-0.2, 0) is 26.2 Å². The Morgan fingerprint density at radius 3 is 2.34 bits per heavy atom. The Morgan fingerprint density at radius 2 is 1.74 bits per heavy atom. The minimum absolute atomic E-state index is 0.0522.